The number of rotatable bonds is 0. The minimum absolute atomic E-state index is 0.0413. The maximum absolute atomic E-state index is 10.5. The smallest absolute Gasteiger partial charge is 0.222 e. The summed E-state index contributed by atoms with van der Waals surface area (Å²) >= 11 is 1.61. The number of amides is 1. The third-order valence-electron chi connectivity index (χ3n) is 1.09. The van der Waals surface area contributed by atoms with E-state index >= 15 is 0 Å². The van der Waals surface area contributed by atoms with E-state index in [4.69, 9.17) is 0 Å². The molecule has 1 aliphatic rings. The maximum atomic E-state index is 10.5. The molecule has 0 unspecified atom stereocenters. The van der Waals surface area contributed by atoms with Crippen LogP contribution in [0.4, 0.5) is 0 Å². The Morgan fingerprint density at radius 3 is 3.00 bits per heavy atom. The molecule has 0 saturated carbocycles. The van der Waals surface area contributed by atoms with Crippen LogP contribution in [0.1, 0.15) is 13.8 Å². The molecule has 0 aliphatic carbocycles. The van der Waals surface area contributed by atoms with Gasteiger partial charge in [-0.2, -0.15) is 0 Å². The fourth-order valence-corrected chi connectivity index (χ4v) is 1.58. The van der Waals surface area contributed by atoms with Gasteiger partial charge in [0.2, 0.25) is 5.91 Å². The van der Waals surface area contributed by atoms with Crippen LogP contribution in [-0.4, -0.2) is 22.9 Å². The zero-order valence-electron chi connectivity index (χ0n) is 6.05. The van der Waals surface area contributed by atoms with Gasteiger partial charge in [-0.1, -0.05) is 18.7 Å². The van der Waals surface area contributed by atoms with Crippen LogP contribution in [0.5, 0.6) is 0 Å². The van der Waals surface area contributed by atoms with Crippen LogP contribution >= 0.6 is 11.8 Å². The molecule has 10 heavy (non-hydrogen) atoms. The van der Waals surface area contributed by atoms with Crippen molar-refractivity contribution in [2.75, 3.05) is 6.54 Å². The highest BCUT2D eigenvalue weighted by molar-refractivity contribution is 8.14. The zero-order valence-corrected chi connectivity index (χ0v) is 6.86. The van der Waals surface area contributed by atoms with Gasteiger partial charge in [-0.05, 0) is 0 Å². The molecule has 0 fully saturated rings. The Balaban J connectivity index is 2.37. The summed E-state index contributed by atoms with van der Waals surface area (Å²) in [5, 5.41) is 3.93. The first-order valence-corrected chi connectivity index (χ1v) is 4.05. The summed E-state index contributed by atoms with van der Waals surface area (Å²) in [6.07, 6.45) is 0. The van der Waals surface area contributed by atoms with E-state index < -0.39 is 0 Å². The summed E-state index contributed by atoms with van der Waals surface area (Å²) in [7, 11) is 0. The molecular weight excluding hydrogens is 148 g/mol. The van der Waals surface area contributed by atoms with Crippen LogP contribution in [0, 0.1) is 0 Å². The largest absolute Gasteiger partial charge is 0.306 e. The van der Waals surface area contributed by atoms with E-state index in [1.807, 2.05) is 0 Å². The average Bonchev–Trinajstić information content (AvgIpc) is 2.13. The van der Waals surface area contributed by atoms with E-state index in [9.17, 15) is 4.79 Å². The molecule has 0 aromatic rings. The molecule has 1 rings (SSSR count). The van der Waals surface area contributed by atoms with Crippen LogP contribution in [-0.2, 0) is 4.79 Å². The number of hydrogen-bond acceptors (Lipinski definition) is 3. The van der Waals surface area contributed by atoms with Crippen molar-refractivity contribution in [1.82, 2.24) is 5.32 Å². The first-order valence-electron chi connectivity index (χ1n) is 3.17. The lowest BCUT2D eigenvalue weighted by atomic mass is 10.5. The van der Waals surface area contributed by atoms with E-state index in [1.54, 1.807) is 11.8 Å². The van der Waals surface area contributed by atoms with Gasteiger partial charge < -0.3 is 5.32 Å². The van der Waals surface area contributed by atoms with Crippen molar-refractivity contribution in [3.63, 3.8) is 0 Å². The second-order valence-corrected chi connectivity index (χ2v) is 3.68. The van der Waals surface area contributed by atoms with Gasteiger partial charge in [-0.15, -0.1) is 0 Å². The monoisotopic (exact) mass is 158 g/mol. The number of amidine groups is 1. The Morgan fingerprint density at radius 2 is 2.60 bits per heavy atom. The molecule has 0 spiro atoms. The second-order valence-electron chi connectivity index (χ2n) is 2.26. The van der Waals surface area contributed by atoms with Crippen molar-refractivity contribution in [2.24, 2.45) is 4.99 Å². The zero-order chi connectivity index (χ0) is 7.56. The summed E-state index contributed by atoms with van der Waals surface area (Å²) in [5.41, 5.74) is 0. The highest BCUT2D eigenvalue weighted by Crippen LogP contribution is 2.17. The van der Waals surface area contributed by atoms with Crippen LogP contribution < -0.4 is 5.32 Å². The summed E-state index contributed by atoms with van der Waals surface area (Å²) in [5.74, 6) is -0.0413. The lowest BCUT2D eigenvalue weighted by Gasteiger charge is -1.99. The second kappa shape index (κ2) is 3.05. The Kier molecular flexibility index (Phi) is 2.32. The van der Waals surface area contributed by atoms with Crippen molar-refractivity contribution in [3.05, 3.63) is 0 Å². The van der Waals surface area contributed by atoms with Crippen LogP contribution in [0.3, 0.4) is 0 Å². The molecule has 56 valence electrons. The fourth-order valence-electron chi connectivity index (χ4n) is 0.696. The molecule has 1 atom stereocenters. The molecule has 4 heteroatoms. The number of aliphatic imine (C=N–C) groups is 1. The lowest BCUT2D eigenvalue weighted by molar-refractivity contribution is -0.117. The first-order chi connectivity index (χ1) is 4.68. The molecule has 0 radical (unpaired) electrons. The van der Waals surface area contributed by atoms with E-state index in [0.717, 1.165) is 11.7 Å². The van der Waals surface area contributed by atoms with Crippen LogP contribution in [0.2, 0.25) is 0 Å². The third kappa shape index (κ3) is 2.02. The Morgan fingerprint density at radius 1 is 1.90 bits per heavy atom. The highest BCUT2D eigenvalue weighted by Gasteiger charge is 2.14. The molecule has 0 saturated heterocycles. The van der Waals surface area contributed by atoms with Gasteiger partial charge in [0, 0.05) is 12.2 Å². The summed E-state index contributed by atoms with van der Waals surface area (Å²) in [6, 6.07) is 0. The topological polar surface area (TPSA) is 41.5 Å². The standard InChI is InChI=1S/C6H10N2OS/c1-4-3-7-6(10-4)8-5(2)9/h4H,3H2,1-2H3,(H,7,8,9)/t4-/m0/s1. The fraction of sp³-hybridized carbons (Fsp3) is 0.667. The number of nitrogens with one attached hydrogen (secondary N) is 1. The summed E-state index contributed by atoms with van der Waals surface area (Å²) in [4.78, 5) is 14.6. The van der Waals surface area contributed by atoms with Gasteiger partial charge in [0.25, 0.3) is 0 Å². The van der Waals surface area contributed by atoms with Crippen molar-refractivity contribution >= 4 is 22.8 Å². The molecule has 1 aliphatic heterocycles. The molecular formula is C6H10N2OS. The Hall–Kier alpha value is -0.510. The number of hydrogen-bond donors (Lipinski definition) is 1. The van der Waals surface area contributed by atoms with Crippen LogP contribution in [0.25, 0.3) is 0 Å². The molecule has 1 N–H and O–H groups in total. The lowest BCUT2D eigenvalue weighted by Crippen LogP contribution is -2.24. The van der Waals surface area contributed by atoms with E-state index in [1.165, 1.54) is 6.92 Å². The predicted molar refractivity (Wildman–Crippen MR) is 43.2 cm³/mol. The third-order valence-corrected chi connectivity index (χ3v) is 2.09. The number of carbonyl (C=O) groups is 1. The SMILES string of the molecule is CC(=O)NC1=NC[C@H](C)S1. The molecule has 1 heterocycles. The van der Waals surface area contributed by atoms with Crippen molar-refractivity contribution in [3.8, 4) is 0 Å². The highest BCUT2D eigenvalue weighted by atomic mass is 32.2. The van der Waals surface area contributed by atoms with Gasteiger partial charge in [0.15, 0.2) is 5.17 Å². The quantitative estimate of drug-likeness (QED) is 0.561. The summed E-state index contributed by atoms with van der Waals surface area (Å²) < 4.78 is 0. The maximum Gasteiger partial charge on any atom is 0.222 e. The van der Waals surface area contributed by atoms with Gasteiger partial charge in [0.1, 0.15) is 0 Å². The van der Waals surface area contributed by atoms with E-state index in [0.29, 0.717) is 5.25 Å². The predicted octanol–water partition coefficient (Wildman–Crippen LogP) is 0.614. The van der Waals surface area contributed by atoms with Gasteiger partial charge in [-0.3, -0.25) is 9.79 Å². The number of nitrogens with zero attached hydrogens (tertiary/aromatic N) is 1. The van der Waals surface area contributed by atoms with E-state index in [2.05, 4.69) is 17.2 Å². The summed E-state index contributed by atoms with van der Waals surface area (Å²) in [6.45, 7) is 4.40. The molecule has 0 aromatic heterocycles. The number of thioether (sulfide) groups is 1. The Labute approximate surface area is 64.3 Å². The Bertz CT molecular complexity index is 179. The molecule has 3 nitrogen and oxygen atoms in total. The first kappa shape index (κ1) is 7.60. The molecule has 1 amide bonds. The van der Waals surface area contributed by atoms with Crippen LogP contribution in [0.15, 0.2) is 4.99 Å². The molecule has 0 aromatic carbocycles. The van der Waals surface area contributed by atoms with Gasteiger partial charge in [-0.25, -0.2) is 0 Å². The number of carbonyl (C=O) groups excluding carboxylic acids is 1. The molecule has 0 bridgehead atoms. The van der Waals surface area contributed by atoms with Gasteiger partial charge in [0.05, 0.1) is 6.54 Å². The normalized spacial score (nSPS) is 24.2. The minimum Gasteiger partial charge on any atom is -0.306 e. The van der Waals surface area contributed by atoms with Crippen molar-refractivity contribution in [2.45, 2.75) is 19.1 Å². The van der Waals surface area contributed by atoms with Crippen molar-refractivity contribution < 1.29 is 4.79 Å². The van der Waals surface area contributed by atoms with E-state index in [-0.39, 0.29) is 5.91 Å². The average molecular weight is 158 g/mol. The van der Waals surface area contributed by atoms with Crippen molar-refractivity contribution in [1.29, 1.82) is 0 Å². The minimum atomic E-state index is -0.0413. The van der Waals surface area contributed by atoms with Gasteiger partial charge >= 0.3 is 0 Å².